The maximum absolute atomic E-state index is 12.0. The molecule has 4 nitrogen and oxygen atoms in total. The van der Waals surface area contributed by atoms with Gasteiger partial charge in [0, 0.05) is 18.1 Å². The number of carbonyl (C=O) groups excluding carboxylic acids is 1. The normalized spacial score (nSPS) is 11.8. The van der Waals surface area contributed by atoms with Gasteiger partial charge in [0.05, 0.1) is 5.02 Å². The molecular formula is C15H15ClN2O2. The second-order valence-electron chi connectivity index (χ2n) is 4.42. The Morgan fingerprint density at radius 2 is 2.00 bits per heavy atom. The summed E-state index contributed by atoms with van der Waals surface area (Å²) in [5.41, 5.74) is 1.70. The van der Waals surface area contributed by atoms with E-state index in [1.165, 1.54) is 0 Å². The van der Waals surface area contributed by atoms with E-state index in [-0.39, 0.29) is 5.91 Å². The molecule has 0 fully saturated rings. The van der Waals surface area contributed by atoms with E-state index in [2.05, 4.69) is 10.3 Å². The summed E-state index contributed by atoms with van der Waals surface area (Å²) >= 11 is 6.04. The van der Waals surface area contributed by atoms with E-state index in [4.69, 9.17) is 16.3 Å². The Morgan fingerprint density at radius 1 is 1.30 bits per heavy atom. The third-order valence-electron chi connectivity index (χ3n) is 2.71. The zero-order chi connectivity index (χ0) is 14.5. The van der Waals surface area contributed by atoms with Crippen LogP contribution in [0.25, 0.3) is 0 Å². The molecule has 0 saturated carbocycles. The summed E-state index contributed by atoms with van der Waals surface area (Å²) < 4.78 is 5.60. The lowest BCUT2D eigenvalue weighted by Crippen LogP contribution is -2.30. The van der Waals surface area contributed by atoms with Gasteiger partial charge in [-0.2, -0.15) is 0 Å². The van der Waals surface area contributed by atoms with Crippen LogP contribution >= 0.6 is 11.6 Å². The van der Waals surface area contributed by atoms with Crippen LogP contribution in [-0.4, -0.2) is 17.0 Å². The number of amides is 1. The molecule has 2 rings (SSSR count). The van der Waals surface area contributed by atoms with Gasteiger partial charge in [-0.3, -0.25) is 9.78 Å². The smallest absolute Gasteiger partial charge is 0.265 e. The largest absolute Gasteiger partial charge is 0.479 e. The summed E-state index contributed by atoms with van der Waals surface area (Å²) in [6, 6.07) is 8.86. The highest BCUT2D eigenvalue weighted by atomic mass is 35.5. The topological polar surface area (TPSA) is 51.2 Å². The predicted octanol–water partition coefficient (Wildman–Crippen LogP) is 3.45. The summed E-state index contributed by atoms with van der Waals surface area (Å²) in [4.78, 5) is 15.9. The van der Waals surface area contributed by atoms with Crippen LogP contribution < -0.4 is 10.1 Å². The molecule has 1 aromatic carbocycles. The molecule has 0 aliphatic carbocycles. The second kappa shape index (κ2) is 6.39. The molecule has 0 unspecified atom stereocenters. The first kappa shape index (κ1) is 14.3. The van der Waals surface area contributed by atoms with E-state index in [9.17, 15) is 4.79 Å². The number of hydrogen-bond donors (Lipinski definition) is 1. The molecule has 20 heavy (non-hydrogen) atoms. The van der Waals surface area contributed by atoms with Crippen molar-refractivity contribution in [2.45, 2.75) is 20.0 Å². The van der Waals surface area contributed by atoms with E-state index in [1.807, 2.05) is 13.0 Å². The van der Waals surface area contributed by atoms with Crippen molar-refractivity contribution in [2.24, 2.45) is 0 Å². The number of pyridine rings is 1. The fourth-order valence-electron chi connectivity index (χ4n) is 1.62. The van der Waals surface area contributed by atoms with E-state index in [0.717, 1.165) is 5.56 Å². The van der Waals surface area contributed by atoms with Crippen molar-refractivity contribution in [3.63, 3.8) is 0 Å². The molecule has 1 heterocycles. The minimum absolute atomic E-state index is 0.242. The monoisotopic (exact) mass is 290 g/mol. The number of ether oxygens (including phenoxy) is 1. The molecule has 0 aliphatic heterocycles. The van der Waals surface area contributed by atoms with E-state index >= 15 is 0 Å². The number of halogens is 1. The van der Waals surface area contributed by atoms with Gasteiger partial charge in [-0.05, 0) is 43.7 Å². The molecule has 5 heteroatoms. The number of anilines is 1. The molecule has 1 atom stereocenters. The van der Waals surface area contributed by atoms with Crippen molar-refractivity contribution in [1.29, 1.82) is 0 Å². The molecule has 1 amide bonds. The van der Waals surface area contributed by atoms with Crippen LogP contribution in [-0.2, 0) is 4.79 Å². The minimum Gasteiger partial charge on any atom is -0.479 e. The molecule has 104 valence electrons. The standard InChI is InChI=1S/C15H15ClN2O2/c1-10-3-4-13(16)14(9-10)20-11(2)15(19)18-12-5-7-17-8-6-12/h3-9,11H,1-2H3,(H,17,18,19)/t11-/m1/s1. The first-order valence-electron chi connectivity index (χ1n) is 6.20. The quantitative estimate of drug-likeness (QED) is 0.938. The molecule has 0 bridgehead atoms. The van der Waals surface area contributed by atoms with Gasteiger partial charge in [0.25, 0.3) is 5.91 Å². The van der Waals surface area contributed by atoms with Crippen molar-refractivity contribution in [1.82, 2.24) is 4.98 Å². The Bertz CT molecular complexity index is 602. The molecule has 2 aromatic rings. The number of hydrogen-bond acceptors (Lipinski definition) is 3. The van der Waals surface area contributed by atoms with Gasteiger partial charge in [-0.1, -0.05) is 17.7 Å². The van der Waals surface area contributed by atoms with Gasteiger partial charge < -0.3 is 10.1 Å². The summed E-state index contributed by atoms with van der Waals surface area (Å²) in [5, 5.41) is 3.23. The molecule has 1 N–H and O–H groups in total. The lowest BCUT2D eigenvalue weighted by Gasteiger charge is -2.16. The third-order valence-corrected chi connectivity index (χ3v) is 3.02. The van der Waals surface area contributed by atoms with Gasteiger partial charge >= 0.3 is 0 Å². The number of nitrogens with zero attached hydrogens (tertiary/aromatic N) is 1. The van der Waals surface area contributed by atoms with Gasteiger partial charge in [0.2, 0.25) is 0 Å². The Balaban J connectivity index is 2.02. The van der Waals surface area contributed by atoms with Gasteiger partial charge in [-0.25, -0.2) is 0 Å². The maximum Gasteiger partial charge on any atom is 0.265 e. The molecule has 0 radical (unpaired) electrons. The van der Waals surface area contributed by atoms with E-state index < -0.39 is 6.10 Å². The first-order valence-corrected chi connectivity index (χ1v) is 6.58. The predicted molar refractivity (Wildman–Crippen MR) is 79.1 cm³/mol. The Labute approximate surface area is 122 Å². The third kappa shape index (κ3) is 3.71. The number of rotatable bonds is 4. The highest BCUT2D eigenvalue weighted by molar-refractivity contribution is 6.32. The maximum atomic E-state index is 12.0. The Kier molecular flexibility index (Phi) is 4.58. The molecular weight excluding hydrogens is 276 g/mol. The van der Waals surface area contributed by atoms with Crippen LogP contribution in [0.5, 0.6) is 5.75 Å². The van der Waals surface area contributed by atoms with Gasteiger partial charge in [0.1, 0.15) is 5.75 Å². The van der Waals surface area contributed by atoms with E-state index in [1.54, 1.807) is 43.6 Å². The van der Waals surface area contributed by atoms with Crippen molar-refractivity contribution in [3.05, 3.63) is 53.3 Å². The number of nitrogens with one attached hydrogen (secondary N) is 1. The minimum atomic E-state index is -0.650. The number of carbonyl (C=O) groups is 1. The zero-order valence-electron chi connectivity index (χ0n) is 11.3. The molecule has 0 spiro atoms. The number of benzene rings is 1. The van der Waals surface area contributed by atoms with Crippen LogP contribution in [0.4, 0.5) is 5.69 Å². The van der Waals surface area contributed by atoms with Crippen molar-refractivity contribution < 1.29 is 9.53 Å². The van der Waals surface area contributed by atoms with Crippen LogP contribution in [0.3, 0.4) is 0 Å². The lowest BCUT2D eigenvalue weighted by atomic mass is 10.2. The highest BCUT2D eigenvalue weighted by Gasteiger charge is 2.16. The fraction of sp³-hybridized carbons (Fsp3) is 0.200. The van der Waals surface area contributed by atoms with Crippen molar-refractivity contribution in [3.8, 4) is 5.75 Å². The van der Waals surface area contributed by atoms with Crippen molar-refractivity contribution in [2.75, 3.05) is 5.32 Å². The van der Waals surface area contributed by atoms with Crippen LogP contribution in [0.2, 0.25) is 5.02 Å². The lowest BCUT2D eigenvalue weighted by molar-refractivity contribution is -0.122. The number of aromatic nitrogens is 1. The fourth-order valence-corrected chi connectivity index (χ4v) is 1.79. The van der Waals surface area contributed by atoms with Crippen molar-refractivity contribution >= 4 is 23.2 Å². The van der Waals surface area contributed by atoms with Gasteiger partial charge in [-0.15, -0.1) is 0 Å². The SMILES string of the molecule is Cc1ccc(Cl)c(O[C@H](C)C(=O)Nc2ccncc2)c1. The Morgan fingerprint density at radius 3 is 2.70 bits per heavy atom. The molecule has 0 saturated heterocycles. The van der Waals surface area contributed by atoms with Crippen LogP contribution in [0, 0.1) is 6.92 Å². The van der Waals surface area contributed by atoms with Gasteiger partial charge in [0.15, 0.2) is 6.10 Å². The summed E-state index contributed by atoms with van der Waals surface area (Å²) in [6.07, 6.45) is 2.57. The molecule has 0 aliphatic rings. The summed E-state index contributed by atoms with van der Waals surface area (Å²) in [5.74, 6) is 0.262. The zero-order valence-corrected chi connectivity index (χ0v) is 12.0. The average Bonchev–Trinajstić information content (AvgIpc) is 2.44. The first-order chi connectivity index (χ1) is 9.56. The highest BCUT2D eigenvalue weighted by Crippen LogP contribution is 2.26. The van der Waals surface area contributed by atoms with Crippen LogP contribution in [0.1, 0.15) is 12.5 Å². The summed E-state index contributed by atoms with van der Waals surface area (Å²) in [6.45, 7) is 3.61. The Hall–Kier alpha value is -2.07. The summed E-state index contributed by atoms with van der Waals surface area (Å²) in [7, 11) is 0. The molecule has 1 aromatic heterocycles. The number of aryl methyl sites for hydroxylation is 1. The average molecular weight is 291 g/mol. The second-order valence-corrected chi connectivity index (χ2v) is 4.83. The van der Waals surface area contributed by atoms with Crippen LogP contribution in [0.15, 0.2) is 42.7 Å². The van der Waals surface area contributed by atoms with E-state index in [0.29, 0.717) is 16.5 Å².